The fraction of sp³-hybridized carbons (Fsp3) is 0.540. The van der Waals surface area contributed by atoms with Crippen molar-refractivity contribution in [3.63, 3.8) is 0 Å². The summed E-state index contributed by atoms with van der Waals surface area (Å²) in [6.07, 6.45) is -5.58. The third-order valence-electron chi connectivity index (χ3n) is 14.2. The lowest BCUT2D eigenvalue weighted by Gasteiger charge is -2.32. The van der Waals surface area contributed by atoms with Crippen LogP contribution in [0.5, 0.6) is 5.75 Å². The lowest BCUT2D eigenvalue weighted by Crippen LogP contribution is -2.56. The van der Waals surface area contributed by atoms with E-state index in [0.29, 0.717) is 28.6 Å². The number of nitrogens with one attached hydrogen (secondary N) is 5. The Balaban J connectivity index is 1.64. The number of methoxy groups -OCH3 is 1. The van der Waals surface area contributed by atoms with Crippen LogP contribution >= 0.6 is 0 Å². The highest BCUT2D eigenvalue weighted by molar-refractivity contribution is 7.85. The summed E-state index contributed by atoms with van der Waals surface area (Å²) < 4.78 is 22.9. The van der Waals surface area contributed by atoms with Gasteiger partial charge in [0.05, 0.1) is 79.1 Å². The summed E-state index contributed by atoms with van der Waals surface area (Å²) in [5.74, 6) is -13.3. The molecular weight excluding hydrogens is 983 g/mol. The molecule has 3 aromatic rings. The molecule has 23 nitrogen and oxygen atoms in total. The average Bonchev–Trinajstić information content (AvgIpc) is 3.92. The first-order chi connectivity index (χ1) is 35.2. The zero-order chi connectivity index (χ0) is 54.1. The number of Topliss-reactive ketones (excluding diaryl/α,β-unsaturated/α-hetero) is 2. The summed E-state index contributed by atoms with van der Waals surface area (Å²) in [7, 11) is -0.928. The number of hydrogen-bond donors (Lipinski definition) is 10. The molecule has 3 unspecified atom stereocenters. The van der Waals surface area contributed by atoms with Crippen molar-refractivity contribution in [1.82, 2.24) is 36.1 Å². The Morgan fingerprint density at radius 3 is 2.16 bits per heavy atom. The highest BCUT2D eigenvalue weighted by Crippen LogP contribution is 2.36. The van der Waals surface area contributed by atoms with Gasteiger partial charge < -0.3 is 67.6 Å². The summed E-state index contributed by atoms with van der Waals surface area (Å²) >= 11 is 0. The molecule has 7 amide bonds. The van der Waals surface area contributed by atoms with E-state index in [4.69, 9.17) is 16.2 Å². The highest BCUT2D eigenvalue weighted by Gasteiger charge is 2.45. The highest BCUT2D eigenvalue weighted by atomic mass is 32.2. The molecule has 3 aliphatic rings. The standard InChI is InChI=1S/C50H67N9O14S/c1-5-25(2)44-48(70)54-19-42(66)55-35-24-74(72)50-34(33-11-10-32(73-4)17-36(33)59(50)21-28-8-6-27(18-51)7-9-28)12-29(46(68)53-20-43(67)56-44)13-39(63)45(26(3)40(64)23-60)57-47(69)37-16-31(61)22-58(37)49(71)30(14-38(35)62)15-41(52)65/h6-11,17,25-26,29-31,35,37,40,44-45,60-61,64H,5,12-16,18-24,51H2,1-4H3,(H2,52,65)(H,53,68)(H,54,70)(H,55,66)(H,56,67)(H,57,69)/t25-,26-,29?,30-,31?,35?,37-,40-,44-,45-,74+/m0/s1. The second-order valence-electron chi connectivity index (χ2n) is 19.4. The summed E-state index contributed by atoms with van der Waals surface area (Å²) in [6, 6.07) is 6.04. The molecule has 0 aliphatic carbocycles. The van der Waals surface area contributed by atoms with Gasteiger partial charge in [-0.3, -0.25) is 47.4 Å². The van der Waals surface area contributed by atoms with Gasteiger partial charge in [0, 0.05) is 68.6 Å². The normalized spacial score (nSPS) is 26.4. The van der Waals surface area contributed by atoms with Gasteiger partial charge in [0.15, 0.2) is 11.6 Å². The van der Waals surface area contributed by atoms with Gasteiger partial charge in [-0.15, -0.1) is 0 Å². The lowest BCUT2D eigenvalue weighted by atomic mass is 9.85. The quantitative estimate of drug-likeness (QED) is 0.0953. The van der Waals surface area contributed by atoms with Crippen molar-refractivity contribution in [2.24, 2.45) is 35.1 Å². The van der Waals surface area contributed by atoms with Gasteiger partial charge in [0.1, 0.15) is 22.9 Å². The smallest absolute Gasteiger partial charge is 0.243 e. The maximum atomic E-state index is 15.6. The molecule has 1 aromatic heterocycles. The molecule has 11 atom stereocenters. The van der Waals surface area contributed by atoms with Gasteiger partial charge in [0.25, 0.3) is 0 Å². The molecule has 1 fully saturated rings. The van der Waals surface area contributed by atoms with Crippen LogP contribution in [-0.4, -0.2) is 157 Å². The predicted molar refractivity (Wildman–Crippen MR) is 267 cm³/mol. The van der Waals surface area contributed by atoms with Gasteiger partial charge in [0.2, 0.25) is 41.4 Å². The Hall–Kier alpha value is -6.60. The number of aliphatic hydroxyl groups excluding tert-OH is 3. The number of benzene rings is 2. The summed E-state index contributed by atoms with van der Waals surface area (Å²) in [6.45, 7) is 2.30. The summed E-state index contributed by atoms with van der Waals surface area (Å²) in [5, 5.41) is 45.2. The molecule has 402 valence electrons. The van der Waals surface area contributed by atoms with Gasteiger partial charge in [-0.05, 0) is 41.2 Å². The van der Waals surface area contributed by atoms with Crippen molar-refractivity contribution < 1.29 is 67.4 Å². The molecule has 2 bridgehead atoms. The number of fused-ring (bicyclic) bond motifs is 5. The summed E-state index contributed by atoms with van der Waals surface area (Å²) in [5.41, 5.74) is 13.7. The second-order valence-corrected chi connectivity index (χ2v) is 20.8. The van der Waals surface area contributed by atoms with E-state index in [2.05, 4.69) is 26.6 Å². The summed E-state index contributed by atoms with van der Waals surface area (Å²) in [4.78, 5) is 128. The molecule has 0 radical (unpaired) electrons. The van der Waals surface area contributed by atoms with Gasteiger partial charge in [-0.2, -0.15) is 0 Å². The molecule has 2 aromatic carbocycles. The number of carbonyl (C=O) groups excluding carboxylic acids is 9. The van der Waals surface area contributed by atoms with Gasteiger partial charge in [-0.25, -0.2) is 0 Å². The van der Waals surface area contributed by atoms with Crippen molar-refractivity contribution in [1.29, 1.82) is 0 Å². The number of rotatable bonds is 11. The zero-order valence-corrected chi connectivity index (χ0v) is 42.6. The number of nitrogens with zero attached hydrogens (tertiary/aromatic N) is 2. The molecule has 6 rings (SSSR count). The van der Waals surface area contributed by atoms with E-state index < -0.39 is 175 Å². The van der Waals surface area contributed by atoms with Crippen LogP contribution in [0.15, 0.2) is 47.5 Å². The monoisotopic (exact) mass is 1050 g/mol. The number of primary amides is 1. The Kier molecular flexibility index (Phi) is 19.2. The first kappa shape index (κ1) is 56.7. The first-order valence-electron chi connectivity index (χ1n) is 24.6. The molecule has 74 heavy (non-hydrogen) atoms. The number of aromatic nitrogens is 1. The van der Waals surface area contributed by atoms with Crippen LogP contribution < -0.4 is 42.8 Å². The lowest BCUT2D eigenvalue weighted by molar-refractivity contribution is -0.145. The minimum Gasteiger partial charge on any atom is -0.497 e. The number of carbonyl (C=O) groups is 9. The Bertz CT molecular complexity index is 2660. The van der Waals surface area contributed by atoms with E-state index >= 15 is 4.21 Å². The predicted octanol–water partition coefficient (Wildman–Crippen LogP) is -2.46. The molecule has 1 saturated heterocycles. The number of amides is 7. The number of ketones is 2. The third-order valence-corrected chi connectivity index (χ3v) is 15.7. The first-order valence-corrected chi connectivity index (χ1v) is 25.9. The van der Waals surface area contributed by atoms with E-state index in [0.717, 1.165) is 10.5 Å². The maximum Gasteiger partial charge on any atom is 0.243 e. The zero-order valence-electron chi connectivity index (χ0n) is 41.8. The van der Waals surface area contributed by atoms with E-state index in [1.54, 1.807) is 60.9 Å². The number of nitrogens with two attached hydrogens (primary N) is 2. The van der Waals surface area contributed by atoms with Crippen molar-refractivity contribution in [2.75, 3.05) is 39.1 Å². The Morgan fingerprint density at radius 1 is 0.865 bits per heavy atom. The van der Waals surface area contributed by atoms with Crippen molar-refractivity contribution in [3.05, 3.63) is 59.2 Å². The fourth-order valence-electron chi connectivity index (χ4n) is 9.72. The van der Waals surface area contributed by atoms with Crippen molar-refractivity contribution in [3.8, 4) is 5.75 Å². The van der Waals surface area contributed by atoms with Crippen molar-refractivity contribution >= 4 is 74.6 Å². The van der Waals surface area contributed by atoms with E-state index in [-0.39, 0.29) is 36.5 Å². The van der Waals surface area contributed by atoms with E-state index in [9.17, 15) is 58.5 Å². The van der Waals surface area contributed by atoms with Crippen LogP contribution in [0.2, 0.25) is 0 Å². The van der Waals surface area contributed by atoms with Crippen LogP contribution in [-0.2, 0) is 73.5 Å². The van der Waals surface area contributed by atoms with Crippen molar-refractivity contribution in [2.45, 2.75) is 114 Å². The SMILES string of the molecule is CC[C@H](C)[C@@H]1NC(=O)CNC(=O)C2CC(=O)[C@H]([C@@H](C)[C@@H](O)CO)NC(=O)[C@@H]3CC(O)CN3C(=O)[C@H](CC(N)=O)CC(=O)C(C[S@@](=O)c3c(c4ccc(OC)cc4n3Cc3ccc(CN)cc3)C2)NC(=O)CNC1=O. The third kappa shape index (κ3) is 13.4. The minimum absolute atomic E-state index is 0.0165. The van der Waals surface area contributed by atoms with Crippen LogP contribution in [0.25, 0.3) is 10.9 Å². The minimum atomic E-state index is -2.37. The van der Waals surface area contributed by atoms with Crippen LogP contribution in [0.1, 0.15) is 69.6 Å². The second kappa shape index (κ2) is 25.1. The van der Waals surface area contributed by atoms with Gasteiger partial charge in [-0.1, -0.05) is 51.5 Å². The number of ether oxygens (including phenoxy) is 1. The molecule has 4 heterocycles. The topological polar surface area (TPSA) is 361 Å². The molecule has 0 spiro atoms. The molecule has 0 saturated carbocycles. The average molecular weight is 1050 g/mol. The Morgan fingerprint density at radius 2 is 1.53 bits per heavy atom. The number of aliphatic hydroxyl groups is 3. The van der Waals surface area contributed by atoms with E-state index in [1.807, 2.05) is 0 Å². The maximum absolute atomic E-state index is 15.6. The van der Waals surface area contributed by atoms with Gasteiger partial charge >= 0.3 is 0 Å². The largest absolute Gasteiger partial charge is 0.497 e. The van der Waals surface area contributed by atoms with E-state index in [1.165, 1.54) is 14.0 Å². The van der Waals surface area contributed by atoms with Crippen LogP contribution in [0, 0.1) is 23.7 Å². The molecule has 24 heteroatoms. The molecule has 3 aliphatic heterocycles. The Labute approximate surface area is 429 Å². The molecular formula is C50H67N9O14S. The fourth-order valence-corrected chi connectivity index (χ4v) is 11.3. The number of hydrogen-bond acceptors (Lipinski definition) is 15. The van der Waals surface area contributed by atoms with Crippen LogP contribution in [0.4, 0.5) is 0 Å². The molecule has 12 N–H and O–H groups in total. The van der Waals surface area contributed by atoms with Crippen LogP contribution in [0.3, 0.4) is 0 Å².